The van der Waals surface area contributed by atoms with E-state index in [0.29, 0.717) is 25.2 Å². The minimum Gasteiger partial charge on any atom is -0.342 e. The fraction of sp³-hybridized carbons (Fsp3) is 0.474. The van der Waals surface area contributed by atoms with Crippen LogP contribution in [0.4, 0.5) is 5.69 Å². The number of hydrogen-bond donors (Lipinski definition) is 1. The highest BCUT2D eigenvalue weighted by Gasteiger charge is 2.39. The Morgan fingerprint density at radius 1 is 1.12 bits per heavy atom. The molecule has 1 aliphatic carbocycles. The first-order valence-electron chi connectivity index (χ1n) is 8.68. The molecule has 2 fully saturated rings. The first-order valence-corrected chi connectivity index (χ1v) is 8.68. The van der Waals surface area contributed by atoms with E-state index in [0.717, 1.165) is 19.3 Å². The van der Waals surface area contributed by atoms with Crippen LogP contribution in [0.25, 0.3) is 0 Å². The van der Waals surface area contributed by atoms with Crippen LogP contribution < -0.4 is 5.32 Å². The molecule has 1 aromatic rings. The quantitative estimate of drug-likeness (QED) is 0.831. The van der Waals surface area contributed by atoms with E-state index < -0.39 is 17.7 Å². The van der Waals surface area contributed by atoms with Gasteiger partial charge in [-0.25, -0.2) is 0 Å². The lowest BCUT2D eigenvalue weighted by Gasteiger charge is -2.32. The molecular formula is C19H21N3O3. The molecule has 2 amide bonds. The van der Waals surface area contributed by atoms with Crippen molar-refractivity contribution in [2.45, 2.75) is 25.7 Å². The first-order chi connectivity index (χ1) is 12.1. The van der Waals surface area contributed by atoms with Gasteiger partial charge in [0.2, 0.25) is 11.8 Å². The lowest BCUT2D eigenvalue weighted by molar-refractivity contribution is -0.137. The molecule has 1 N–H and O–H groups in total. The van der Waals surface area contributed by atoms with E-state index in [2.05, 4.69) is 5.32 Å². The molecule has 1 saturated heterocycles. The molecule has 0 aromatic heterocycles. The molecule has 2 atom stereocenters. The molecule has 1 heterocycles. The largest absolute Gasteiger partial charge is 0.342 e. The summed E-state index contributed by atoms with van der Waals surface area (Å²) in [6.07, 6.45) is 3.19. The number of carbonyl (C=O) groups excluding carboxylic acids is 3. The number of carbonyl (C=O) groups is 3. The Hall–Kier alpha value is -2.68. The van der Waals surface area contributed by atoms with Crippen molar-refractivity contribution in [1.82, 2.24) is 4.90 Å². The number of benzene rings is 1. The molecule has 0 radical (unpaired) electrons. The van der Waals surface area contributed by atoms with Gasteiger partial charge in [0.05, 0.1) is 6.07 Å². The molecule has 1 aromatic carbocycles. The molecule has 6 heteroatoms. The molecule has 2 aliphatic rings. The third kappa shape index (κ3) is 4.05. The molecule has 6 nitrogen and oxygen atoms in total. The second kappa shape index (κ2) is 7.47. The number of ketones is 1. The second-order valence-electron chi connectivity index (χ2n) is 6.72. The van der Waals surface area contributed by atoms with Crippen molar-refractivity contribution < 1.29 is 14.4 Å². The van der Waals surface area contributed by atoms with Crippen LogP contribution in [0.3, 0.4) is 0 Å². The van der Waals surface area contributed by atoms with E-state index in [-0.39, 0.29) is 17.6 Å². The molecule has 25 heavy (non-hydrogen) atoms. The van der Waals surface area contributed by atoms with Gasteiger partial charge in [-0.3, -0.25) is 14.4 Å². The van der Waals surface area contributed by atoms with Gasteiger partial charge in [-0.15, -0.1) is 0 Å². The summed E-state index contributed by atoms with van der Waals surface area (Å²) in [7, 11) is 0. The van der Waals surface area contributed by atoms with E-state index in [9.17, 15) is 19.6 Å². The Labute approximate surface area is 146 Å². The van der Waals surface area contributed by atoms with Gasteiger partial charge in [-0.2, -0.15) is 5.26 Å². The number of Topliss-reactive ketones (excluding diaryl/α,β-unsaturated/α-hetero) is 1. The van der Waals surface area contributed by atoms with Crippen LogP contribution in [-0.2, 0) is 14.4 Å². The van der Waals surface area contributed by atoms with Crippen molar-refractivity contribution in [1.29, 1.82) is 5.26 Å². The van der Waals surface area contributed by atoms with Gasteiger partial charge < -0.3 is 10.2 Å². The van der Waals surface area contributed by atoms with Gasteiger partial charge in [0.1, 0.15) is 0 Å². The molecule has 1 saturated carbocycles. The number of nitrogens with zero attached hydrogens (tertiary/aromatic N) is 2. The number of para-hydroxylation sites is 1. The summed E-state index contributed by atoms with van der Waals surface area (Å²) in [4.78, 5) is 39.0. The van der Waals surface area contributed by atoms with Crippen molar-refractivity contribution in [3.63, 3.8) is 0 Å². The summed E-state index contributed by atoms with van der Waals surface area (Å²) in [5.41, 5.74) is 0.551. The maximum Gasteiger partial charge on any atom is 0.249 e. The van der Waals surface area contributed by atoms with Gasteiger partial charge in [0, 0.05) is 30.6 Å². The van der Waals surface area contributed by atoms with Gasteiger partial charge in [0.15, 0.2) is 11.7 Å². The topological polar surface area (TPSA) is 90.3 Å². The van der Waals surface area contributed by atoms with E-state index in [4.69, 9.17) is 0 Å². The smallest absolute Gasteiger partial charge is 0.249 e. The number of hydrogen-bond acceptors (Lipinski definition) is 4. The highest BCUT2D eigenvalue weighted by atomic mass is 16.2. The lowest BCUT2D eigenvalue weighted by atomic mass is 9.86. The molecule has 0 bridgehead atoms. The number of rotatable bonds is 5. The standard InChI is InChI=1S/C19H21N3O3/c20-11-16(18(24)21-15-6-2-1-3-7-15)17(23)14-5-4-10-22(12-14)19(25)13-8-9-13/h1-3,6-7,13-14,16H,4-5,8-10,12H2,(H,21,24). The summed E-state index contributed by atoms with van der Waals surface area (Å²) >= 11 is 0. The molecule has 130 valence electrons. The fourth-order valence-corrected chi connectivity index (χ4v) is 3.22. The third-order valence-electron chi connectivity index (χ3n) is 4.78. The number of piperidine rings is 1. The first kappa shape index (κ1) is 17.2. The molecule has 1 aliphatic heterocycles. The lowest BCUT2D eigenvalue weighted by Crippen LogP contribution is -2.45. The van der Waals surface area contributed by atoms with Crippen LogP contribution >= 0.6 is 0 Å². The zero-order valence-corrected chi connectivity index (χ0v) is 14.0. The normalized spacial score (nSPS) is 21.1. The monoisotopic (exact) mass is 339 g/mol. The summed E-state index contributed by atoms with van der Waals surface area (Å²) < 4.78 is 0. The summed E-state index contributed by atoms with van der Waals surface area (Å²) in [5.74, 6) is -2.56. The third-order valence-corrected chi connectivity index (χ3v) is 4.78. The average Bonchev–Trinajstić information content (AvgIpc) is 3.47. The number of amides is 2. The Kier molecular flexibility index (Phi) is 5.13. The van der Waals surface area contributed by atoms with Crippen LogP contribution in [0.5, 0.6) is 0 Å². The number of nitrogens with one attached hydrogen (secondary N) is 1. The van der Waals surface area contributed by atoms with E-state index in [1.807, 2.05) is 12.1 Å². The van der Waals surface area contributed by atoms with E-state index >= 15 is 0 Å². The van der Waals surface area contributed by atoms with Crippen molar-refractivity contribution in [3.8, 4) is 6.07 Å². The summed E-state index contributed by atoms with van der Waals surface area (Å²) in [6, 6.07) is 10.6. The summed E-state index contributed by atoms with van der Waals surface area (Å²) in [5, 5.41) is 11.9. The fourth-order valence-electron chi connectivity index (χ4n) is 3.22. The van der Waals surface area contributed by atoms with Gasteiger partial charge in [0.25, 0.3) is 0 Å². The predicted molar refractivity (Wildman–Crippen MR) is 91.2 cm³/mol. The van der Waals surface area contributed by atoms with Crippen LogP contribution in [0.2, 0.25) is 0 Å². The maximum atomic E-state index is 12.7. The van der Waals surface area contributed by atoms with Crippen molar-refractivity contribution in [3.05, 3.63) is 30.3 Å². The Morgan fingerprint density at radius 3 is 2.48 bits per heavy atom. The molecular weight excluding hydrogens is 318 g/mol. The summed E-state index contributed by atoms with van der Waals surface area (Å²) in [6.45, 7) is 0.984. The minimum atomic E-state index is -1.35. The number of nitriles is 1. The van der Waals surface area contributed by atoms with Gasteiger partial charge in [-0.1, -0.05) is 18.2 Å². The zero-order valence-electron chi connectivity index (χ0n) is 14.0. The van der Waals surface area contributed by atoms with E-state index in [1.165, 1.54) is 0 Å². The highest BCUT2D eigenvalue weighted by Crippen LogP contribution is 2.33. The highest BCUT2D eigenvalue weighted by molar-refractivity contribution is 6.10. The zero-order chi connectivity index (χ0) is 17.8. The minimum absolute atomic E-state index is 0.111. The van der Waals surface area contributed by atoms with Crippen molar-refractivity contribution in [2.75, 3.05) is 18.4 Å². The number of anilines is 1. The van der Waals surface area contributed by atoms with Crippen LogP contribution in [0.1, 0.15) is 25.7 Å². The Bertz CT molecular complexity index is 706. The second-order valence-corrected chi connectivity index (χ2v) is 6.72. The van der Waals surface area contributed by atoms with Crippen LogP contribution in [-0.4, -0.2) is 35.6 Å². The van der Waals surface area contributed by atoms with Crippen molar-refractivity contribution in [2.24, 2.45) is 17.8 Å². The Morgan fingerprint density at radius 2 is 1.84 bits per heavy atom. The van der Waals surface area contributed by atoms with Crippen LogP contribution in [0, 0.1) is 29.1 Å². The van der Waals surface area contributed by atoms with E-state index in [1.54, 1.807) is 29.2 Å². The molecule has 3 rings (SSSR count). The van der Waals surface area contributed by atoms with Gasteiger partial charge >= 0.3 is 0 Å². The molecule has 0 spiro atoms. The maximum absolute atomic E-state index is 12.7. The van der Waals surface area contributed by atoms with Crippen molar-refractivity contribution >= 4 is 23.3 Å². The SMILES string of the molecule is N#CC(C(=O)Nc1ccccc1)C(=O)C1CCCN(C(=O)C2CC2)C1. The number of likely N-dealkylation sites (tertiary alicyclic amines) is 1. The average molecular weight is 339 g/mol. The molecule has 2 unspecified atom stereocenters. The predicted octanol–water partition coefficient (Wildman–Crippen LogP) is 1.98. The van der Waals surface area contributed by atoms with Gasteiger partial charge in [-0.05, 0) is 37.8 Å². The van der Waals surface area contributed by atoms with Crippen LogP contribution in [0.15, 0.2) is 30.3 Å². The Balaban J connectivity index is 1.63.